The number of hydrogen-bond acceptors (Lipinski definition) is 4. The second-order valence-electron chi connectivity index (χ2n) is 3.87. The predicted molar refractivity (Wildman–Crippen MR) is 76.9 cm³/mol. The Balaban J connectivity index is 2.08. The molecule has 1 aromatic heterocycles. The number of nitrogen functional groups attached to an aromatic ring is 1. The van der Waals surface area contributed by atoms with Crippen molar-refractivity contribution in [1.82, 2.24) is 5.43 Å². The van der Waals surface area contributed by atoms with E-state index in [1.54, 1.807) is 31.2 Å². The summed E-state index contributed by atoms with van der Waals surface area (Å²) in [5.74, 6) is -0.218. The molecular weight excluding hydrogens is 310 g/mol. The summed E-state index contributed by atoms with van der Waals surface area (Å²) in [6, 6.07) is 10.5. The van der Waals surface area contributed by atoms with Crippen molar-refractivity contribution < 1.29 is 9.21 Å². The Morgan fingerprint density at radius 1 is 1.37 bits per heavy atom. The molecule has 1 heterocycles. The Labute approximate surface area is 118 Å². The molecule has 0 saturated carbocycles. The predicted octanol–water partition coefficient (Wildman–Crippen LogP) is 2.78. The minimum absolute atomic E-state index is 0.191. The van der Waals surface area contributed by atoms with Gasteiger partial charge in [0, 0.05) is 5.69 Å². The molecule has 3 N–H and O–H groups in total. The molecule has 2 rings (SSSR count). The fourth-order valence-corrected chi connectivity index (χ4v) is 1.76. The Morgan fingerprint density at radius 3 is 2.79 bits per heavy atom. The first-order valence-corrected chi connectivity index (χ1v) is 6.31. The molecule has 0 aliphatic heterocycles. The summed E-state index contributed by atoms with van der Waals surface area (Å²) in [5, 5.41) is 4.01. The van der Waals surface area contributed by atoms with E-state index in [-0.39, 0.29) is 5.76 Å². The number of nitrogens with one attached hydrogen (secondary N) is 1. The number of amides is 1. The molecule has 0 atom stereocenters. The van der Waals surface area contributed by atoms with Crippen molar-refractivity contribution >= 4 is 33.2 Å². The quantitative estimate of drug-likeness (QED) is 0.518. The van der Waals surface area contributed by atoms with Gasteiger partial charge in [-0.15, -0.1) is 0 Å². The number of carbonyl (C=O) groups excluding carboxylic acids is 1. The average Bonchev–Trinajstić information content (AvgIpc) is 2.82. The van der Waals surface area contributed by atoms with Crippen LogP contribution in [0.1, 0.15) is 23.0 Å². The van der Waals surface area contributed by atoms with E-state index in [4.69, 9.17) is 10.2 Å². The van der Waals surface area contributed by atoms with E-state index < -0.39 is 5.91 Å². The molecule has 0 aliphatic rings. The van der Waals surface area contributed by atoms with Crippen LogP contribution in [0.5, 0.6) is 0 Å². The summed E-state index contributed by atoms with van der Waals surface area (Å²) >= 11 is 3.13. The first-order valence-electron chi connectivity index (χ1n) is 5.52. The highest BCUT2D eigenvalue weighted by Crippen LogP contribution is 2.13. The molecule has 1 amide bonds. The normalized spacial score (nSPS) is 11.4. The van der Waals surface area contributed by atoms with E-state index >= 15 is 0 Å². The fourth-order valence-electron chi connectivity index (χ4n) is 1.45. The van der Waals surface area contributed by atoms with Crippen molar-refractivity contribution in [1.29, 1.82) is 0 Å². The van der Waals surface area contributed by atoms with Crippen LogP contribution in [-0.2, 0) is 0 Å². The number of furan rings is 1. The van der Waals surface area contributed by atoms with Crippen molar-refractivity contribution in [2.45, 2.75) is 6.92 Å². The van der Waals surface area contributed by atoms with Crippen molar-refractivity contribution in [2.75, 3.05) is 5.73 Å². The topological polar surface area (TPSA) is 80.6 Å². The number of rotatable bonds is 3. The van der Waals surface area contributed by atoms with Crippen molar-refractivity contribution in [3.05, 3.63) is 52.4 Å². The Morgan fingerprint density at radius 2 is 2.16 bits per heavy atom. The lowest BCUT2D eigenvalue weighted by molar-refractivity contribution is 0.0926. The number of nitrogens with two attached hydrogens (primary N) is 1. The van der Waals surface area contributed by atoms with Crippen LogP contribution in [0.2, 0.25) is 0 Å². The van der Waals surface area contributed by atoms with E-state index in [9.17, 15) is 4.79 Å². The second kappa shape index (κ2) is 5.71. The molecule has 0 unspecified atom stereocenters. The highest BCUT2D eigenvalue weighted by atomic mass is 79.9. The number of nitrogens with zero attached hydrogens (tertiary/aromatic N) is 1. The van der Waals surface area contributed by atoms with Gasteiger partial charge in [0.05, 0.1) is 5.71 Å². The lowest BCUT2D eigenvalue weighted by atomic mass is 10.1. The van der Waals surface area contributed by atoms with Crippen LogP contribution >= 0.6 is 15.9 Å². The molecule has 6 heteroatoms. The van der Waals surface area contributed by atoms with Gasteiger partial charge in [-0.2, -0.15) is 5.10 Å². The highest BCUT2D eigenvalue weighted by Gasteiger charge is 2.09. The number of halogens is 1. The van der Waals surface area contributed by atoms with Crippen LogP contribution in [0.15, 0.2) is 50.6 Å². The SMILES string of the molecule is C/C(=N\NC(=O)c1ccc(Br)o1)c1cccc(N)c1. The Kier molecular flexibility index (Phi) is 4.01. The monoisotopic (exact) mass is 321 g/mol. The number of hydrogen-bond donors (Lipinski definition) is 2. The van der Waals surface area contributed by atoms with Crippen LogP contribution < -0.4 is 11.2 Å². The van der Waals surface area contributed by atoms with Gasteiger partial charge in [-0.3, -0.25) is 4.79 Å². The zero-order chi connectivity index (χ0) is 13.8. The van der Waals surface area contributed by atoms with Crippen molar-refractivity contribution in [2.24, 2.45) is 5.10 Å². The fraction of sp³-hybridized carbons (Fsp3) is 0.0769. The van der Waals surface area contributed by atoms with Crippen LogP contribution in [0.4, 0.5) is 5.69 Å². The van der Waals surface area contributed by atoms with Gasteiger partial charge in [0.25, 0.3) is 0 Å². The molecule has 1 aromatic carbocycles. The zero-order valence-electron chi connectivity index (χ0n) is 10.2. The molecule has 0 aliphatic carbocycles. The van der Waals surface area contributed by atoms with Crippen LogP contribution in [0.3, 0.4) is 0 Å². The standard InChI is InChI=1S/C13H12BrN3O2/c1-8(9-3-2-4-10(15)7-9)16-17-13(18)11-5-6-12(14)19-11/h2-7H,15H2,1H3,(H,17,18)/b16-8+. The molecular formula is C13H12BrN3O2. The summed E-state index contributed by atoms with van der Waals surface area (Å²) in [4.78, 5) is 11.7. The molecule has 0 spiro atoms. The summed E-state index contributed by atoms with van der Waals surface area (Å²) in [5.41, 5.74) is 10.3. The molecule has 2 aromatic rings. The molecule has 0 fully saturated rings. The maximum atomic E-state index is 11.7. The van der Waals surface area contributed by atoms with E-state index in [0.717, 1.165) is 5.56 Å². The summed E-state index contributed by atoms with van der Waals surface area (Å²) in [6.07, 6.45) is 0. The van der Waals surface area contributed by atoms with Crippen LogP contribution in [0.25, 0.3) is 0 Å². The van der Waals surface area contributed by atoms with Gasteiger partial charge in [0.2, 0.25) is 0 Å². The van der Waals surface area contributed by atoms with Gasteiger partial charge in [0.15, 0.2) is 10.4 Å². The highest BCUT2D eigenvalue weighted by molar-refractivity contribution is 9.10. The smallest absolute Gasteiger partial charge is 0.307 e. The van der Waals surface area contributed by atoms with Gasteiger partial charge in [0.1, 0.15) is 0 Å². The number of benzene rings is 1. The molecule has 0 bridgehead atoms. The lowest BCUT2D eigenvalue weighted by Crippen LogP contribution is -2.18. The number of anilines is 1. The molecule has 0 radical (unpaired) electrons. The van der Waals surface area contributed by atoms with Crippen LogP contribution in [0, 0.1) is 0 Å². The number of carbonyl (C=O) groups is 1. The third-order valence-corrected chi connectivity index (χ3v) is 2.85. The molecule has 5 nitrogen and oxygen atoms in total. The van der Waals surface area contributed by atoms with Gasteiger partial charge < -0.3 is 10.2 Å². The van der Waals surface area contributed by atoms with E-state index in [0.29, 0.717) is 16.1 Å². The van der Waals surface area contributed by atoms with Gasteiger partial charge in [-0.05, 0) is 52.7 Å². The van der Waals surface area contributed by atoms with Crippen molar-refractivity contribution in [3.63, 3.8) is 0 Å². The molecule has 98 valence electrons. The van der Waals surface area contributed by atoms with Gasteiger partial charge in [-0.1, -0.05) is 12.1 Å². The number of hydrazone groups is 1. The lowest BCUT2D eigenvalue weighted by Gasteiger charge is -2.02. The summed E-state index contributed by atoms with van der Waals surface area (Å²) in [6.45, 7) is 1.78. The largest absolute Gasteiger partial charge is 0.444 e. The average molecular weight is 322 g/mol. The minimum atomic E-state index is -0.408. The van der Waals surface area contributed by atoms with E-state index in [2.05, 4.69) is 26.5 Å². The third-order valence-electron chi connectivity index (χ3n) is 2.43. The Bertz CT molecular complexity index is 634. The Hall–Kier alpha value is -2.08. The molecule has 19 heavy (non-hydrogen) atoms. The maximum Gasteiger partial charge on any atom is 0.307 e. The maximum absolute atomic E-state index is 11.7. The first kappa shape index (κ1) is 13.4. The van der Waals surface area contributed by atoms with Gasteiger partial charge in [-0.25, -0.2) is 5.43 Å². The third kappa shape index (κ3) is 3.45. The van der Waals surface area contributed by atoms with E-state index in [1.165, 1.54) is 0 Å². The summed E-state index contributed by atoms with van der Waals surface area (Å²) in [7, 11) is 0. The summed E-state index contributed by atoms with van der Waals surface area (Å²) < 4.78 is 5.61. The minimum Gasteiger partial charge on any atom is -0.444 e. The second-order valence-corrected chi connectivity index (χ2v) is 4.65. The van der Waals surface area contributed by atoms with Crippen molar-refractivity contribution in [3.8, 4) is 0 Å². The molecule has 0 saturated heterocycles. The first-order chi connectivity index (χ1) is 9.06. The van der Waals surface area contributed by atoms with Gasteiger partial charge >= 0.3 is 5.91 Å². The zero-order valence-corrected chi connectivity index (χ0v) is 11.8. The van der Waals surface area contributed by atoms with E-state index in [1.807, 2.05) is 12.1 Å². The van der Waals surface area contributed by atoms with Crippen LogP contribution in [-0.4, -0.2) is 11.6 Å².